The van der Waals surface area contributed by atoms with Crippen LogP contribution in [0, 0.1) is 11.3 Å². The molecule has 14 heavy (non-hydrogen) atoms. The van der Waals surface area contributed by atoms with Gasteiger partial charge in [-0.3, -0.25) is 4.79 Å². The molecule has 0 aromatic rings. The van der Waals surface area contributed by atoms with Crippen molar-refractivity contribution < 1.29 is 9.53 Å². The first-order chi connectivity index (χ1) is 6.71. The summed E-state index contributed by atoms with van der Waals surface area (Å²) in [6.45, 7) is 7.03. The van der Waals surface area contributed by atoms with Crippen LogP contribution in [0.25, 0.3) is 0 Å². The number of hydrogen-bond acceptors (Lipinski definition) is 2. The molecule has 0 bridgehead atoms. The van der Waals surface area contributed by atoms with E-state index in [-0.39, 0.29) is 11.4 Å². The van der Waals surface area contributed by atoms with Gasteiger partial charge in [0.05, 0.1) is 12.0 Å². The van der Waals surface area contributed by atoms with Crippen molar-refractivity contribution in [3.8, 4) is 0 Å². The molecule has 1 atom stereocenters. The fourth-order valence-electron chi connectivity index (χ4n) is 2.79. The Morgan fingerprint density at radius 3 is 2.50 bits per heavy atom. The van der Waals surface area contributed by atoms with Gasteiger partial charge in [0.1, 0.15) is 0 Å². The smallest absolute Gasteiger partial charge is 0.312 e. The van der Waals surface area contributed by atoms with Crippen LogP contribution in [0.1, 0.15) is 52.9 Å². The van der Waals surface area contributed by atoms with Gasteiger partial charge in [-0.2, -0.15) is 0 Å². The normalized spacial score (nSPS) is 26.8. The van der Waals surface area contributed by atoms with Gasteiger partial charge in [-0.05, 0) is 31.6 Å². The number of esters is 1. The third-order valence-corrected chi connectivity index (χ3v) is 3.87. The second-order valence-corrected chi connectivity index (χ2v) is 4.25. The molecule has 1 aliphatic rings. The SMILES string of the molecule is CCC1CCCOC(=O)C1(CC)CC. The third kappa shape index (κ3) is 1.79. The molecule has 0 aliphatic carbocycles. The molecule has 1 saturated heterocycles. The molecule has 2 heteroatoms. The van der Waals surface area contributed by atoms with E-state index >= 15 is 0 Å². The average Bonchev–Trinajstić information content (AvgIpc) is 2.37. The topological polar surface area (TPSA) is 26.3 Å². The van der Waals surface area contributed by atoms with Crippen LogP contribution in [-0.2, 0) is 9.53 Å². The van der Waals surface area contributed by atoms with E-state index in [1.807, 2.05) is 0 Å². The summed E-state index contributed by atoms with van der Waals surface area (Å²) in [6.07, 6.45) is 5.11. The van der Waals surface area contributed by atoms with E-state index in [1.165, 1.54) is 0 Å². The zero-order valence-corrected chi connectivity index (χ0v) is 9.64. The molecule has 0 aromatic carbocycles. The van der Waals surface area contributed by atoms with Crippen LogP contribution in [-0.4, -0.2) is 12.6 Å². The summed E-state index contributed by atoms with van der Waals surface area (Å²) < 4.78 is 5.29. The molecular weight excluding hydrogens is 176 g/mol. The number of ether oxygens (including phenoxy) is 1. The van der Waals surface area contributed by atoms with Gasteiger partial charge in [0.2, 0.25) is 0 Å². The number of carbonyl (C=O) groups is 1. The zero-order chi connectivity index (χ0) is 10.6. The lowest BCUT2D eigenvalue weighted by Gasteiger charge is -2.34. The summed E-state index contributed by atoms with van der Waals surface area (Å²) in [5.41, 5.74) is -0.189. The first-order valence-electron chi connectivity index (χ1n) is 5.88. The van der Waals surface area contributed by atoms with Crippen LogP contribution in [0.4, 0.5) is 0 Å². The van der Waals surface area contributed by atoms with E-state index < -0.39 is 0 Å². The monoisotopic (exact) mass is 198 g/mol. The molecule has 0 radical (unpaired) electrons. The number of hydrogen-bond donors (Lipinski definition) is 0. The summed E-state index contributed by atoms with van der Waals surface area (Å²) in [6, 6.07) is 0. The summed E-state index contributed by atoms with van der Waals surface area (Å²) in [7, 11) is 0. The Balaban J connectivity index is 2.94. The summed E-state index contributed by atoms with van der Waals surface area (Å²) in [4.78, 5) is 11.9. The van der Waals surface area contributed by atoms with Gasteiger partial charge >= 0.3 is 5.97 Å². The van der Waals surface area contributed by atoms with Crippen LogP contribution in [0.5, 0.6) is 0 Å². The second-order valence-electron chi connectivity index (χ2n) is 4.25. The van der Waals surface area contributed by atoms with Crippen molar-refractivity contribution in [1.29, 1.82) is 0 Å². The summed E-state index contributed by atoms with van der Waals surface area (Å²) in [5.74, 6) is 0.569. The molecule has 1 aliphatic heterocycles. The Hall–Kier alpha value is -0.530. The molecule has 2 nitrogen and oxygen atoms in total. The minimum absolute atomic E-state index is 0.0480. The molecular formula is C12H22O2. The highest BCUT2D eigenvalue weighted by atomic mass is 16.5. The van der Waals surface area contributed by atoms with Gasteiger partial charge in [0.25, 0.3) is 0 Å². The van der Waals surface area contributed by atoms with E-state index in [0.717, 1.165) is 32.1 Å². The van der Waals surface area contributed by atoms with Gasteiger partial charge < -0.3 is 4.74 Å². The van der Waals surface area contributed by atoms with E-state index in [4.69, 9.17) is 4.74 Å². The summed E-state index contributed by atoms with van der Waals surface area (Å²) in [5, 5.41) is 0. The van der Waals surface area contributed by atoms with Gasteiger partial charge in [0, 0.05) is 0 Å². The minimum atomic E-state index is -0.189. The Bertz CT molecular complexity index is 194. The molecule has 1 unspecified atom stereocenters. The van der Waals surface area contributed by atoms with Crippen LogP contribution in [0.3, 0.4) is 0 Å². The number of carbonyl (C=O) groups excluding carboxylic acids is 1. The molecule has 0 N–H and O–H groups in total. The van der Waals surface area contributed by atoms with Gasteiger partial charge in [-0.15, -0.1) is 0 Å². The predicted molar refractivity (Wildman–Crippen MR) is 57.0 cm³/mol. The first-order valence-corrected chi connectivity index (χ1v) is 5.88. The quantitative estimate of drug-likeness (QED) is 0.651. The molecule has 1 rings (SSSR count). The standard InChI is InChI=1S/C12H22O2/c1-4-10-8-7-9-14-11(13)12(10,5-2)6-3/h10H,4-9H2,1-3H3. The number of rotatable bonds is 3. The van der Waals surface area contributed by atoms with E-state index in [1.54, 1.807) is 0 Å². The van der Waals surface area contributed by atoms with Gasteiger partial charge in [0.15, 0.2) is 0 Å². The maximum atomic E-state index is 11.9. The molecule has 0 amide bonds. The van der Waals surface area contributed by atoms with E-state index in [2.05, 4.69) is 20.8 Å². The van der Waals surface area contributed by atoms with Crippen molar-refractivity contribution in [1.82, 2.24) is 0 Å². The Morgan fingerprint density at radius 1 is 1.36 bits per heavy atom. The largest absolute Gasteiger partial charge is 0.465 e. The fraction of sp³-hybridized carbons (Fsp3) is 0.917. The highest BCUT2D eigenvalue weighted by Crippen LogP contribution is 2.42. The predicted octanol–water partition coefficient (Wildman–Crippen LogP) is 3.16. The lowest BCUT2D eigenvalue weighted by Crippen LogP contribution is -2.37. The van der Waals surface area contributed by atoms with Gasteiger partial charge in [-0.25, -0.2) is 0 Å². The van der Waals surface area contributed by atoms with Crippen molar-refractivity contribution in [2.45, 2.75) is 52.9 Å². The lowest BCUT2D eigenvalue weighted by molar-refractivity contribution is -0.158. The molecule has 82 valence electrons. The van der Waals surface area contributed by atoms with Crippen molar-refractivity contribution >= 4 is 5.97 Å². The molecule has 0 spiro atoms. The van der Waals surface area contributed by atoms with Crippen LogP contribution >= 0.6 is 0 Å². The Morgan fingerprint density at radius 2 is 2.00 bits per heavy atom. The second kappa shape index (κ2) is 4.81. The third-order valence-electron chi connectivity index (χ3n) is 3.87. The molecule has 0 saturated carbocycles. The Kier molecular flexibility index (Phi) is 3.97. The van der Waals surface area contributed by atoms with Gasteiger partial charge in [-0.1, -0.05) is 27.2 Å². The summed E-state index contributed by atoms with van der Waals surface area (Å²) >= 11 is 0. The van der Waals surface area contributed by atoms with E-state index in [0.29, 0.717) is 12.5 Å². The maximum absolute atomic E-state index is 11.9. The van der Waals surface area contributed by atoms with Crippen molar-refractivity contribution in [2.24, 2.45) is 11.3 Å². The molecule has 1 fully saturated rings. The highest BCUT2D eigenvalue weighted by Gasteiger charge is 2.44. The Labute approximate surface area is 87.0 Å². The molecule has 0 aromatic heterocycles. The van der Waals surface area contributed by atoms with Crippen LogP contribution in [0.15, 0.2) is 0 Å². The first kappa shape index (κ1) is 11.5. The fourth-order valence-corrected chi connectivity index (χ4v) is 2.79. The van der Waals surface area contributed by atoms with Crippen molar-refractivity contribution in [3.05, 3.63) is 0 Å². The number of cyclic esters (lactones) is 1. The highest BCUT2D eigenvalue weighted by molar-refractivity contribution is 5.77. The average molecular weight is 198 g/mol. The van der Waals surface area contributed by atoms with Crippen LogP contribution < -0.4 is 0 Å². The van der Waals surface area contributed by atoms with Crippen molar-refractivity contribution in [3.63, 3.8) is 0 Å². The van der Waals surface area contributed by atoms with Crippen molar-refractivity contribution in [2.75, 3.05) is 6.61 Å². The lowest BCUT2D eigenvalue weighted by atomic mass is 9.69. The van der Waals surface area contributed by atoms with E-state index in [9.17, 15) is 4.79 Å². The minimum Gasteiger partial charge on any atom is -0.465 e. The van der Waals surface area contributed by atoms with Crippen LogP contribution in [0.2, 0.25) is 0 Å². The maximum Gasteiger partial charge on any atom is 0.312 e. The molecule has 1 heterocycles. The zero-order valence-electron chi connectivity index (χ0n) is 9.64.